The highest BCUT2D eigenvalue weighted by Crippen LogP contribution is 2.23. The van der Waals surface area contributed by atoms with E-state index in [1.54, 1.807) is 0 Å². The molecule has 24 heavy (non-hydrogen) atoms. The summed E-state index contributed by atoms with van der Waals surface area (Å²) in [6, 6.07) is 14.2. The summed E-state index contributed by atoms with van der Waals surface area (Å²) < 4.78 is 4.93. The van der Waals surface area contributed by atoms with E-state index in [1.807, 2.05) is 12.1 Å². The lowest BCUT2D eigenvalue weighted by Gasteiger charge is -2.22. The van der Waals surface area contributed by atoms with E-state index >= 15 is 0 Å². The van der Waals surface area contributed by atoms with Crippen molar-refractivity contribution in [2.45, 2.75) is 32.0 Å². The van der Waals surface area contributed by atoms with Crippen molar-refractivity contribution in [3.8, 4) is 0 Å². The SMILES string of the molecule is COC(=O)[C@@H]1C[C@H](NC(C)=O)CN1Cc1ccc2ccccc2c1. The Labute approximate surface area is 141 Å². The van der Waals surface area contributed by atoms with Gasteiger partial charge >= 0.3 is 5.97 Å². The minimum atomic E-state index is -0.321. The Bertz CT molecular complexity index is 759. The lowest BCUT2D eigenvalue weighted by Crippen LogP contribution is -2.37. The first-order chi connectivity index (χ1) is 11.6. The van der Waals surface area contributed by atoms with Gasteiger partial charge in [0.15, 0.2) is 0 Å². The minimum absolute atomic E-state index is 0.0212. The van der Waals surface area contributed by atoms with Crippen LogP contribution in [0.3, 0.4) is 0 Å². The molecule has 2 atom stereocenters. The topological polar surface area (TPSA) is 58.6 Å². The number of esters is 1. The molecule has 1 fully saturated rings. The van der Waals surface area contributed by atoms with E-state index in [1.165, 1.54) is 24.8 Å². The van der Waals surface area contributed by atoms with Gasteiger partial charge in [0.1, 0.15) is 6.04 Å². The smallest absolute Gasteiger partial charge is 0.323 e. The molecule has 2 aromatic rings. The van der Waals surface area contributed by atoms with Crippen LogP contribution in [0.2, 0.25) is 0 Å². The van der Waals surface area contributed by atoms with Crippen molar-refractivity contribution < 1.29 is 14.3 Å². The Morgan fingerprint density at radius 2 is 1.96 bits per heavy atom. The predicted molar refractivity (Wildman–Crippen MR) is 92.4 cm³/mol. The first-order valence-corrected chi connectivity index (χ1v) is 8.13. The molecule has 3 rings (SSSR count). The highest BCUT2D eigenvalue weighted by Gasteiger charge is 2.37. The first-order valence-electron chi connectivity index (χ1n) is 8.13. The fourth-order valence-corrected chi connectivity index (χ4v) is 3.42. The second kappa shape index (κ2) is 7.01. The van der Waals surface area contributed by atoms with Crippen LogP contribution in [0, 0.1) is 0 Å². The van der Waals surface area contributed by atoms with Gasteiger partial charge in [-0.3, -0.25) is 14.5 Å². The molecule has 0 saturated carbocycles. The number of likely N-dealkylation sites (tertiary alicyclic amines) is 1. The lowest BCUT2D eigenvalue weighted by atomic mass is 10.1. The van der Waals surface area contributed by atoms with Crippen LogP contribution in [0.4, 0.5) is 0 Å². The second-order valence-electron chi connectivity index (χ2n) is 6.28. The molecule has 0 bridgehead atoms. The maximum Gasteiger partial charge on any atom is 0.323 e. The Morgan fingerprint density at radius 3 is 2.67 bits per heavy atom. The van der Waals surface area contributed by atoms with Crippen LogP contribution in [0.5, 0.6) is 0 Å². The number of carbonyl (C=O) groups excluding carboxylic acids is 2. The first kappa shape index (κ1) is 16.5. The molecule has 1 aliphatic rings. The monoisotopic (exact) mass is 326 g/mol. The molecule has 126 valence electrons. The molecule has 1 aliphatic heterocycles. The van der Waals surface area contributed by atoms with E-state index in [9.17, 15) is 9.59 Å². The number of fused-ring (bicyclic) bond motifs is 1. The molecular formula is C19H22N2O3. The van der Waals surface area contributed by atoms with Crippen LogP contribution in [-0.2, 0) is 20.9 Å². The van der Waals surface area contributed by atoms with Gasteiger partial charge in [0, 0.05) is 26.1 Å². The van der Waals surface area contributed by atoms with Crippen molar-refractivity contribution in [2.24, 2.45) is 0 Å². The molecule has 1 saturated heterocycles. The molecule has 0 aromatic heterocycles. The number of amides is 1. The molecule has 5 heteroatoms. The van der Waals surface area contributed by atoms with E-state index in [4.69, 9.17) is 4.74 Å². The van der Waals surface area contributed by atoms with Gasteiger partial charge in [-0.05, 0) is 28.8 Å². The third-order valence-electron chi connectivity index (χ3n) is 4.48. The molecular weight excluding hydrogens is 304 g/mol. The number of hydrogen-bond donors (Lipinski definition) is 1. The number of benzene rings is 2. The summed E-state index contributed by atoms with van der Waals surface area (Å²) in [6.45, 7) is 2.80. The predicted octanol–water partition coefficient (Wildman–Crippen LogP) is 2.09. The van der Waals surface area contributed by atoms with Crippen molar-refractivity contribution in [2.75, 3.05) is 13.7 Å². The summed E-state index contributed by atoms with van der Waals surface area (Å²) in [5.41, 5.74) is 1.14. The average Bonchev–Trinajstić information content (AvgIpc) is 2.95. The number of nitrogens with one attached hydrogen (secondary N) is 1. The zero-order valence-corrected chi connectivity index (χ0v) is 14.0. The van der Waals surface area contributed by atoms with Crippen molar-refractivity contribution in [3.05, 3.63) is 48.0 Å². The maximum atomic E-state index is 12.1. The fourth-order valence-electron chi connectivity index (χ4n) is 3.42. The summed E-state index contributed by atoms with van der Waals surface area (Å²) in [5.74, 6) is -0.320. The standard InChI is InChI=1S/C19H22N2O3/c1-13(22)20-17-10-18(19(23)24-2)21(12-17)11-14-7-8-15-5-3-4-6-16(15)9-14/h3-9,17-18H,10-12H2,1-2H3,(H,20,22)/t17-,18-/m0/s1. The van der Waals surface area contributed by atoms with Crippen LogP contribution >= 0.6 is 0 Å². The van der Waals surface area contributed by atoms with Gasteiger partial charge in [-0.1, -0.05) is 36.4 Å². The summed E-state index contributed by atoms with van der Waals surface area (Å²) in [4.78, 5) is 25.5. The van der Waals surface area contributed by atoms with Crippen LogP contribution < -0.4 is 5.32 Å². The molecule has 0 spiro atoms. The number of ether oxygens (including phenoxy) is 1. The highest BCUT2D eigenvalue weighted by molar-refractivity contribution is 5.83. The molecule has 0 radical (unpaired) electrons. The quantitative estimate of drug-likeness (QED) is 0.874. The van der Waals surface area contributed by atoms with Crippen molar-refractivity contribution in [1.82, 2.24) is 10.2 Å². The van der Waals surface area contributed by atoms with E-state index in [0.717, 1.165) is 5.56 Å². The lowest BCUT2D eigenvalue weighted by molar-refractivity contribution is -0.146. The highest BCUT2D eigenvalue weighted by atomic mass is 16.5. The fraction of sp³-hybridized carbons (Fsp3) is 0.368. The summed E-state index contributed by atoms with van der Waals surface area (Å²) >= 11 is 0. The number of hydrogen-bond acceptors (Lipinski definition) is 4. The average molecular weight is 326 g/mol. The molecule has 1 heterocycles. The van der Waals surface area contributed by atoms with Gasteiger partial charge in [0.05, 0.1) is 7.11 Å². The van der Waals surface area contributed by atoms with Gasteiger partial charge < -0.3 is 10.1 Å². The number of methoxy groups -OCH3 is 1. The van der Waals surface area contributed by atoms with Crippen LogP contribution in [0.1, 0.15) is 18.9 Å². The van der Waals surface area contributed by atoms with Gasteiger partial charge in [0.25, 0.3) is 0 Å². The Hall–Kier alpha value is -2.40. The maximum absolute atomic E-state index is 12.1. The van der Waals surface area contributed by atoms with E-state index in [2.05, 4.69) is 40.5 Å². The van der Waals surface area contributed by atoms with Gasteiger partial charge in [0.2, 0.25) is 5.91 Å². The molecule has 5 nitrogen and oxygen atoms in total. The van der Waals surface area contributed by atoms with Gasteiger partial charge in [-0.25, -0.2) is 0 Å². The van der Waals surface area contributed by atoms with Gasteiger partial charge in [-0.2, -0.15) is 0 Å². The normalized spacial score (nSPS) is 20.9. The Kier molecular flexibility index (Phi) is 4.81. The van der Waals surface area contributed by atoms with Crippen molar-refractivity contribution in [1.29, 1.82) is 0 Å². The summed E-state index contributed by atoms with van der Waals surface area (Å²) in [7, 11) is 1.41. The molecule has 1 N–H and O–H groups in total. The van der Waals surface area contributed by atoms with E-state index < -0.39 is 0 Å². The zero-order valence-electron chi connectivity index (χ0n) is 14.0. The van der Waals surface area contributed by atoms with Crippen LogP contribution in [-0.4, -0.2) is 42.5 Å². The third-order valence-corrected chi connectivity index (χ3v) is 4.48. The number of rotatable bonds is 4. The minimum Gasteiger partial charge on any atom is -0.468 e. The van der Waals surface area contributed by atoms with E-state index in [-0.39, 0.29) is 24.0 Å². The van der Waals surface area contributed by atoms with E-state index in [0.29, 0.717) is 19.5 Å². The molecule has 1 amide bonds. The summed E-state index contributed by atoms with van der Waals surface area (Å²) in [6.07, 6.45) is 0.583. The number of nitrogens with zero attached hydrogens (tertiary/aromatic N) is 1. The second-order valence-corrected chi connectivity index (χ2v) is 6.28. The Morgan fingerprint density at radius 1 is 1.21 bits per heavy atom. The van der Waals surface area contributed by atoms with Crippen LogP contribution in [0.25, 0.3) is 10.8 Å². The molecule has 0 aliphatic carbocycles. The summed E-state index contributed by atoms with van der Waals surface area (Å²) in [5, 5.41) is 5.29. The van der Waals surface area contributed by atoms with Crippen molar-refractivity contribution in [3.63, 3.8) is 0 Å². The number of carbonyl (C=O) groups is 2. The third kappa shape index (κ3) is 3.57. The zero-order chi connectivity index (χ0) is 17.1. The Balaban J connectivity index is 1.79. The van der Waals surface area contributed by atoms with Crippen LogP contribution in [0.15, 0.2) is 42.5 Å². The largest absolute Gasteiger partial charge is 0.468 e. The van der Waals surface area contributed by atoms with Crippen molar-refractivity contribution >= 4 is 22.6 Å². The molecule has 2 aromatic carbocycles. The molecule has 0 unspecified atom stereocenters. The van der Waals surface area contributed by atoms with Gasteiger partial charge in [-0.15, -0.1) is 0 Å².